The van der Waals surface area contributed by atoms with Crippen LogP contribution in [0, 0.1) is 11.3 Å². The van der Waals surface area contributed by atoms with Gasteiger partial charge in [-0.3, -0.25) is 4.79 Å². The molecule has 0 radical (unpaired) electrons. The van der Waals surface area contributed by atoms with Crippen LogP contribution in [0.4, 0.5) is 10.5 Å². The second-order valence-corrected chi connectivity index (χ2v) is 4.57. The zero-order chi connectivity index (χ0) is 14.2. The van der Waals surface area contributed by atoms with Crippen molar-refractivity contribution in [1.29, 1.82) is 5.26 Å². The number of hydrogen-bond acceptors (Lipinski definition) is 4. The Hall–Kier alpha value is -2.39. The van der Waals surface area contributed by atoms with Crippen molar-refractivity contribution in [1.82, 2.24) is 4.90 Å². The highest BCUT2D eigenvalue weighted by atomic mass is 16.3. The molecule has 1 aliphatic rings. The summed E-state index contributed by atoms with van der Waals surface area (Å²) < 4.78 is 0. The third-order valence-electron chi connectivity index (χ3n) is 3.44. The molecule has 1 unspecified atom stereocenters. The van der Waals surface area contributed by atoms with E-state index in [1.807, 2.05) is 6.07 Å². The summed E-state index contributed by atoms with van der Waals surface area (Å²) >= 11 is 0. The average Bonchev–Trinajstić information content (AvgIpc) is 2.61. The normalized spacial score (nSPS) is 22.8. The molecule has 1 saturated heterocycles. The smallest absolute Gasteiger partial charge is 0.332 e. The number of nitriles is 1. The lowest BCUT2D eigenvalue weighted by atomic mass is 10.0. The maximum absolute atomic E-state index is 12.3. The average molecular weight is 259 g/mol. The minimum atomic E-state index is -1.25. The number of aliphatic hydroxyl groups excluding tert-OH is 1. The predicted octanol–water partition coefficient (Wildman–Crippen LogP) is 0.708. The molecule has 2 rings (SSSR count). The molecular weight excluding hydrogens is 246 g/mol. The van der Waals surface area contributed by atoms with Crippen molar-refractivity contribution in [3.05, 3.63) is 29.8 Å². The fraction of sp³-hybridized carbons (Fsp3) is 0.308. The van der Waals surface area contributed by atoms with E-state index in [-0.39, 0.29) is 0 Å². The van der Waals surface area contributed by atoms with E-state index in [0.29, 0.717) is 11.3 Å². The molecule has 98 valence electrons. The molecule has 19 heavy (non-hydrogen) atoms. The Bertz CT molecular complexity index is 576. The summed E-state index contributed by atoms with van der Waals surface area (Å²) in [5, 5.41) is 18.1. The van der Waals surface area contributed by atoms with Crippen molar-refractivity contribution in [2.45, 2.75) is 12.5 Å². The Labute approximate surface area is 110 Å². The van der Waals surface area contributed by atoms with E-state index >= 15 is 0 Å². The fourth-order valence-corrected chi connectivity index (χ4v) is 1.92. The van der Waals surface area contributed by atoms with Crippen molar-refractivity contribution >= 4 is 17.6 Å². The summed E-state index contributed by atoms with van der Waals surface area (Å²) in [4.78, 5) is 26.6. The fourth-order valence-electron chi connectivity index (χ4n) is 1.92. The number of hydrogen-bond donors (Lipinski definition) is 1. The lowest BCUT2D eigenvalue weighted by molar-refractivity contribution is -0.125. The molecule has 0 aromatic heterocycles. The number of anilines is 1. The van der Waals surface area contributed by atoms with Crippen LogP contribution in [0.2, 0.25) is 0 Å². The topological polar surface area (TPSA) is 84.6 Å². The number of carbonyl (C=O) groups is 2. The number of likely N-dealkylation sites (N-methyl/N-ethyl adjacent to an activating group) is 1. The number of aliphatic hydroxyl groups is 1. The van der Waals surface area contributed by atoms with Crippen LogP contribution >= 0.6 is 0 Å². The third-order valence-corrected chi connectivity index (χ3v) is 3.44. The van der Waals surface area contributed by atoms with E-state index in [4.69, 9.17) is 5.26 Å². The van der Waals surface area contributed by atoms with Gasteiger partial charge in [0.2, 0.25) is 0 Å². The standard InChI is InChI=1S/C13H13N3O3/c1-13(8-17)11(18)16(12(19)15(13)2)10-5-3-9(7-14)4-6-10/h3-6,17H,8H2,1-2H3. The van der Waals surface area contributed by atoms with E-state index < -0.39 is 24.1 Å². The summed E-state index contributed by atoms with van der Waals surface area (Å²) in [5.74, 6) is -0.479. The summed E-state index contributed by atoms with van der Waals surface area (Å²) in [6, 6.07) is 7.60. The van der Waals surface area contributed by atoms with Crippen molar-refractivity contribution in [3.63, 3.8) is 0 Å². The zero-order valence-corrected chi connectivity index (χ0v) is 10.6. The first kappa shape index (κ1) is 13.1. The van der Waals surface area contributed by atoms with Crippen LogP contribution in [0.25, 0.3) is 0 Å². The second kappa shape index (κ2) is 4.37. The highest BCUT2D eigenvalue weighted by Gasteiger charge is 2.52. The van der Waals surface area contributed by atoms with E-state index in [1.165, 1.54) is 43.1 Å². The number of carbonyl (C=O) groups excluding carboxylic acids is 2. The van der Waals surface area contributed by atoms with E-state index in [9.17, 15) is 14.7 Å². The second-order valence-electron chi connectivity index (χ2n) is 4.57. The number of nitrogens with zero attached hydrogens (tertiary/aromatic N) is 3. The molecule has 6 heteroatoms. The molecule has 0 aliphatic carbocycles. The molecule has 3 amide bonds. The molecule has 1 N–H and O–H groups in total. The van der Waals surface area contributed by atoms with Gasteiger partial charge in [-0.15, -0.1) is 0 Å². The Morgan fingerprint density at radius 1 is 1.32 bits per heavy atom. The predicted molar refractivity (Wildman–Crippen MR) is 67.3 cm³/mol. The van der Waals surface area contributed by atoms with Crippen LogP contribution in [0.1, 0.15) is 12.5 Å². The van der Waals surface area contributed by atoms with Gasteiger partial charge in [0.15, 0.2) is 0 Å². The Morgan fingerprint density at radius 3 is 2.32 bits per heavy atom. The number of benzene rings is 1. The van der Waals surface area contributed by atoms with Gasteiger partial charge in [-0.25, -0.2) is 9.69 Å². The molecule has 1 aromatic carbocycles. The number of amides is 3. The minimum Gasteiger partial charge on any atom is -0.393 e. The van der Waals surface area contributed by atoms with Crippen LogP contribution in [0.5, 0.6) is 0 Å². The van der Waals surface area contributed by atoms with E-state index in [2.05, 4.69) is 0 Å². The van der Waals surface area contributed by atoms with Gasteiger partial charge in [0.1, 0.15) is 5.54 Å². The van der Waals surface area contributed by atoms with Crippen molar-refractivity contribution in [2.24, 2.45) is 0 Å². The van der Waals surface area contributed by atoms with Gasteiger partial charge in [0.25, 0.3) is 5.91 Å². The summed E-state index contributed by atoms with van der Waals surface area (Å²) in [5.41, 5.74) is -0.413. The monoisotopic (exact) mass is 259 g/mol. The third kappa shape index (κ3) is 1.75. The molecular formula is C13H13N3O3. The van der Waals surface area contributed by atoms with Gasteiger partial charge in [0.05, 0.1) is 23.9 Å². The molecule has 0 bridgehead atoms. The number of imide groups is 1. The molecule has 0 saturated carbocycles. The Kier molecular flexibility index (Phi) is 3.00. The maximum Gasteiger partial charge on any atom is 0.332 e. The van der Waals surface area contributed by atoms with Crippen molar-refractivity contribution < 1.29 is 14.7 Å². The summed E-state index contributed by atoms with van der Waals surface area (Å²) in [6.07, 6.45) is 0. The quantitative estimate of drug-likeness (QED) is 0.792. The molecule has 1 aromatic rings. The number of urea groups is 1. The molecule has 1 aliphatic heterocycles. The minimum absolute atomic E-state index is 0.387. The Balaban J connectivity index is 2.43. The molecule has 0 spiro atoms. The van der Waals surface area contributed by atoms with E-state index in [1.54, 1.807) is 0 Å². The van der Waals surface area contributed by atoms with Crippen LogP contribution in [0.15, 0.2) is 24.3 Å². The summed E-state index contributed by atoms with van der Waals surface area (Å²) in [7, 11) is 1.47. The van der Waals surface area contributed by atoms with Gasteiger partial charge in [0, 0.05) is 7.05 Å². The Morgan fingerprint density at radius 2 is 1.89 bits per heavy atom. The first-order valence-electron chi connectivity index (χ1n) is 5.69. The van der Waals surface area contributed by atoms with Gasteiger partial charge < -0.3 is 10.0 Å². The molecule has 6 nitrogen and oxygen atoms in total. The van der Waals surface area contributed by atoms with Crippen LogP contribution in [-0.2, 0) is 4.79 Å². The van der Waals surface area contributed by atoms with E-state index in [0.717, 1.165) is 4.90 Å². The van der Waals surface area contributed by atoms with Gasteiger partial charge >= 0.3 is 6.03 Å². The first-order chi connectivity index (χ1) is 8.95. The van der Waals surface area contributed by atoms with Gasteiger partial charge in [-0.2, -0.15) is 5.26 Å². The SMILES string of the molecule is CN1C(=O)N(c2ccc(C#N)cc2)C(=O)C1(C)CO. The first-order valence-corrected chi connectivity index (χ1v) is 5.69. The largest absolute Gasteiger partial charge is 0.393 e. The molecule has 1 atom stereocenters. The molecule has 1 fully saturated rings. The van der Waals surface area contributed by atoms with Crippen molar-refractivity contribution in [3.8, 4) is 6.07 Å². The highest BCUT2D eigenvalue weighted by Crippen LogP contribution is 2.30. The lowest BCUT2D eigenvalue weighted by Gasteiger charge is -2.25. The number of rotatable bonds is 2. The maximum atomic E-state index is 12.3. The zero-order valence-electron chi connectivity index (χ0n) is 10.6. The highest BCUT2D eigenvalue weighted by molar-refractivity contribution is 6.23. The van der Waals surface area contributed by atoms with Gasteiger partial charge in [-0.05, 0) is 31.2 Å². The van der Waals surface area contributed by atoms with Crippen LogP contribution in [-0.4, -0.2) is 41.1 Å². The van der Waals surface area contributed by atoms with Crippen LogP contribution in [0.3, 0.4) is 0 Å². The van der Waals surface area contributed by atoms with Crippen LogP contribution < -0.4 is 4.90 Å². The lowest BCUT2D eigenvalue weighted by Crippen LogP contribution is -2.48. The van der Waals surface area contributed by atoms with Gasteiger partial charge in [-0.1, -0.05) is 0 Å². The van der Waals surface area contributed by atoms with Crippen molar-refractivity contribution in [2.75, 3.05) is 18.6 Å². The summed E-state index contributed by atoms with van der Waals surface area (Å²) in [6.45, 7) is 1.07. The molecule has 1 heterocycles.